The average Bonchev–Trinajstić information content (AvgIpc) is 2.70. The van der Waals surface area contributed by atoms with E-state index in [1.807, 2.05) is 19.2 Å². The van der Waals surface area contributed by atoms with Crippen molar-refractivity contribution in [3.05, 3.63) is 51.5 Å². The van der Waals surface area contributed by atoms with Crippen molar-refractivity contribution in [1.29, 1.82) is 5.26 Å². The van der Waals surface area contributed by atoms with Gasteiger partial charge in [-0.1, -0.05) is 12.1 Å². The summed E-state index contributed by atoms with van der Waals surface area (Å²) in [5, 5.41) is 9.52. The summed E-state index contributed by atoms with van der Waals surface area (Å²) in [6, 6.07) is 8.83. The summed E-state index contributed by atoms with van der Waals surface area (Å²) in [6.07, 6.45) is 2.18. The Morgan fingerprint density at radius 1 is 1.29 bits per heavy atom. The van der Waals surface area contributed by atoms with Crippen molar-refractivity contribution in [2.75, 3.05) is 25.4 Å². The quantitative estimate of drug-likeness (QED) is 0.800. The first-order valence-corrected chi connectivity index (χ1v) is 9.74. The molecule has 3 rings (SSSR count). The third kappa shape index (κ3) is 4.32. The zero-order chi connectivity index (χ0) is 20.3. The number of piperidine rings is 1. The van der Waals surface area contributed by atoms with Crippen LogP contribution in [0.15, 0.2) is 29.3 Å². The van der Waals surface area contributed by atoms with E-state index >= 15 is 0 Å². The van der Waals surface area contributed by atoms with Crippen LogP contribution in [0.3, 0.4) is 0 Å². The van der Waals surface area contributed by atoms with Crippen LogP contribution < -0.4 is 11.2 Å². The topological polar surface area (TPSA) is 75.3 Å². The zero-order valence-corrected chi connectivity index (χ0v) is 17.0. The lowest BCUT2D eigenvalue weighted by Crippen LogP contribution is -2.37. The molecule has 0 aliphatic carbocycles. The molecule has 1 atom stereocenters. The monoisotopic (exact) mass is 400 g/mol. The Hall–Kier alpha value is -2.50. The Balaban J connectivity index is 1.76. The molecule has 28 heavy (non-hydrogen) atoms. The van der Waals surface area contributed by atoms with Crippen LogP contribution in [-0.2, 0) is 20.6 Å². The number of nitrogens with two attached hydrogens (primary N) is 1. The highest BCUT2D eigenvalue weighted by atomic mass is 32.1. The Labute approximate surface area is 169 Å². The number of nitrogen functional groups attached to an aromatic ring is 1. The molecule has 2 N–H and O–H groups in total. The molecule has 0 radical (unpaired) electrons. The van der Waals surface area contributed by atoms with Gasteiger partial charge in [0.05, 0.1) is 0 Å². The maximum Gasteiger partial charge on any atom is 0.182 e. The molecule has 0 amide bonds. The maximum absolute atomic E-state index is 13.1. The standard InChI is InChI=1S/C20H25FN6S/c1-25-18(23)17(10-22)19(26(2)20(25)28)24-11-15-4-3-9-27(13-15)12-14-5-7-16(21)8-6-14/h5-8,15H,3-4,9,11-13,23H2,1-2H3. The normalized spacial score (nSPS) is 18.2. The Morgan fingerprint density at radius 3 is 2.68 bits per heavy atom. The molecule has 0 spiro atoms. The predicted octanol–water partition coefficient (Wildman–Crippen LogP) is 2.50. The van der Waals surface area contributed by atoms with Gasteiger partial charge in [-0.15, -0.1) is 0 Å². The molecule has 8 heteroatoms. The van der Waals surface area contributed by atoms with Gasteiger partial charge in [0.25, 0.3) is 0 Å². The molecule has 148 valence electrons. The molecule has 1 aliphatic rings. The lowest BCUT2D eigenvalue weighted by Gasteiger charge is -2.32. The number of nitrogens with zero attached hydrogens (tertiary/aromatic N) is 5. The number of rotatable bonds is 4. The summed E-state index contributed by atoms with van der Waals surface area (Å²) in [4.78, 5) is 7.10. The lowest BCUT2D eigenvalue weighted by atomic mass is 9.97. The molecule has 2 aromatic rings. The number of halogens is 1. The van der Waals surface area contributed by atoms with Gasteiger partial charge in [-0.2, -0.15) is 5.26 Å². The van der Waals surface area contributed by atoms with Gasteiger partial charge >= 0.3 is 0 Å². The second-order valence-corrected chi connectivity index (χ2v) is 7.67. The van der Waals surface area contributed by atoms with Crippen LogP contribution in [0, 0.1) is 27.8 Å². The minimum atomic E-state index is -0.211. The van der Waals surface area contributed by atoms with Crippen LogP contribution in [0.5, 0.6) is 0 Å². The first kappa shape index (κ1) is 20.2. The van der Waals surface area contributed by atoms with E-state index in [1.54, 1.807) is 16.2 Å². The molecule has 1 saturated heterocycles. The first-order valence-electron chi connectivity index (χ1n) is 9.33. The molecule has 1 aromatic carbocycles. The molecule has 0 bridgehead atoms. The van der Waals surface area contributed by atoms with Gasteiger partial charge in [0.15, 0.2) is 10.3 Å². The molecule has 1 aromatic heterocycles. The fourth-order valence-electron chi connectivity index (χ4n) is 3.67. The van der Waals surface area contributed by atoms with Crippen LogP contribution in [0.2, 0.25) is 0 Å². The molecule has 1 unspecified atom stereocenters. The maximum atomic E-state index is 13.1. The fourth-order valence-corrected chi connectivity index (χ4v) is 3.85. The van der Waals surface area contributed by atoms with Crippen molar-refractivity contribution in [3.63, 3.8) is 0 Å². The van der Waals surface area contributed by atoms with Crippen molar-refractivity contribution in [2.45, 2.75) is 19.4 Å². The molecule has 6 nitrogen and oxygen atoms in total. The van der Waals surface area contributed by atoms with Crippen molar-refractivity contribution >= 4 is 18.0 Å². The van der Waals surface area contributed by atoms with Gasteiger partial charge in [-0.05, 0) is 55.2 Å². The first-order chi connectivity index (χ1) is 13.4. The predicted molar refractivity (Wildman–Crippen MR) is 109 cm³/mol. The highest BCUT2D eigenvalue weighted by Gasteiger charge is 2.20. The number of anilines is 1. The van der Waals surface area contributed by atoms with Gasteiger partial charge in [0.2, 0.25) is 0 Å². The van der Waals surface area contributed by atoms with Gasteiger partial charge < -0.3 is 14.9 Å². The van der Waals surface area contributed by atoms with Crippen molar-refractivity contribution in [1.82, 2.24) is 14.0 Å². The smallest absolute Gasteiger partial charge is 0.182 e. The second kappa shape index (κ2) is 8.67. The van der Waals surface area contributed by atoms with Gasteiger partial charge in [0.1, 0.15) is 23.3 Å². The van der Waals surface area contributed by atoms with Crippen molar-refractivity contribution < 1.29 is 4.39 Å². The molecular formula is C20H25FN6S. The zero-order valence-electron chi connectivity index (χ0n) is 16.2. The summed E-state index contributed by atoms with van der Waals surface area (Å²) in [6.45, 7) is 3.36. The molecule has 1 fully saturated rings. The summed E-state index contributed by atoms with van der Waals surface area (Å²) in [5.74, 6) is 0.521. The number of nitriles is 1. The molecule has 2 heterocycles. The van der Waals surface area contributed by atoms with Gasteiger partial charge in [-0.25, -0.2) is 4.39 Å². The van der Waals surface area contributed by atoms with Crippen LogP contribution in [0.4, 0.5) is 10.2 Å². The summed E-state index contributed by atoms with van der Waals surface area (Å²) >= 11 is 5.39. The minimum absolute atomic E-state index is 0.211. The average molecular weight is 401 g/mol. The van der Waals surface area contributed by atoms with E-state index in [1.165, 1.54) is 12.1 Å². The van der Waals surface area contributed by atoms with Crippen LogP contribution in [0.25, 0.3) is 0 Å². The number of likely N-dealkylation sites (tertiary alicyclic amines) is 1. The largest absolute Gasteiger partial charge is 0.384 e. The summed E-state index contributed by atoms with van der Waals surface area (Å²) < 4.78 is 17.0. The fraction of sp³-hybridized carbons (Fsp3) is 0.450. The van der Waals surface area contributed by atoms with Crippen molar-refractivity contribution in [2.24, 2.45) is 25.0 Å². The van der Waals surface area contributed by atoms with Crippen LogP contribution in [-0.4, -0.2) is 33.7 Å². The van der Waals surface area contributed by atoms with Crippen LogP contribution >= 0.6 is 12.2 Å². The van der Waals surface area contributed by atoms with Gasteiger partial charge in [0, 0.05) is 33.7 Å². The van der Waals surface area contributed by atoms with E-state index in [2.05, 4.69) is 11.0 Å². The van der Waals surface area contributed by atoms with E-state index < -0.39 is 0 Å². The van der Waals surface area contributed by atoms with E-state index in [0.29, 0.717) is 34.1 Å². The Bertz CT molecular complexity index is 1020. The highest BCUT2D eigenvalue weighted by Crippen LogP contribution is 2.19. The SMILES string of the molecule is Cn1c(N)c(C#N)c(=NCC2CCCN(Cc3ccc(F)cc3)C2)n(C)c1=S. The third-order valence-electron chi connectivity index (χ3n) is 5.27. The third-order valence-corrected chi connectivity index (χ3v) is 5.81. The Kier molecular flexibility index (Phi) is 6.27. The molecule has 0 saturated carbocycles. The Morgan fingerprint density at radius 2 is 2.00 bits per heavy atom. The summed E-state index contributed by atoms with van der Waals surface area (Å²) in [7, 11) is 3.56. The van der Waals surface area contributed by atoms with E-state index in [4.69, 9.17) is 22.9 Å². The summed E-state index contributed by atoms with van der Waals surface area (Å²) in [5.41, 5.74) is 8.06. The lowest BCUT2D eigenvalue weighted by molar-refractivity contribution is 0.170. The molecular weight excluding hydrogens is 375 g/mol. The number of hydrogen-bond acceptors (Lipinski definition) is 5. The molecule has 1 aliphatic heterocycles. The second-order valence-electron chi connectivity index (χ2n) is 7.31. The number of aromatic nitrogens is 2. The van der Waals surface area contributed by atoms with E-state index in [9.17, 15) is 9.65 Å². The van der Waals surface area contributed by atoms with E-state index in [0.717, 1.165) is 38.0 Å². The highest BCUT2D eigenvalue weighted by molar-refractivity contribution is 7.71. The minimum Gasteiger partial charge on any atom is -0.384 e. The van der Waals surface area contributed by atoms with Gasteiger partial charge in [-0.3, -0.25) is 9.89 Å². The van der Waals surface area contributed by atoms with Crippen molar-refractivity contribution in [3.8, 4) is 6.07 Å². The number of benzene rings is 1. The van der Waals surface area contributed by atoms with E-state index in [-0.39, 0.29) is 5.82 Å². The van der Waals surface area contributed by atoms with Crippen LogP contribution in [0.1, 0.15) is 24.0 Å². The number of hydrogen-bond donors (Lipinski definition) is 1.